The van der Waals surface area contributed by atoms with Crippen molar-refractivity contribution in [2.45, 2.75) is 39.5 Å². The van der Waals surface area contributed by atoms with Gasteiger partial charge in [0.2, 0.25) is 0 Å². The Hall–Kier alpha value is -1.22. The molecule has 0 bridgehead atoms. The molecule has 2 rings (SSSR count). The van der Waals surface area contributed by atoms with Crippen LogP contribution in [-0.2, 0) is 0 Å². The number of hydrogen-bond acceptors (Lipinski definition) is 2. The lowest BCUT2D eigenvalue weighted by atomic mass is 10.0. The molecule has 0 radical (unpaired) electrons. The van der Waals surface area contributed by atoms with Crippen molar-refractivity contribution in [3.63, 3.8) is 0 Å². The number of alkyl halides is 1. The molecule has 2 aromatic carbocycles. The van der Waals surface area contributed by atoms with Gasteiger partial charge in [0, 0.05) is 5.33 Å². The summed E-state index contributed by atoms with van der Waals surface area (Å²) >= 11 is 3.37. The second-order valence-electron chi connectivity index (χ2n) is 5.94. The van der Waals surface area contributed by atoms with Crippen LogP contribution in [0.4, 0.5) is 0 Å². The largest absolute Gasteiger partial charge is 0.493 e. The van der Waals surface area contributed by atoms with E-state index in [0.717, 1.165) is 23.4 Å². The molecule has 0 amide bonds. The van der Waals surface area contributed by atoms with Gasteiger partial charge in [-0.2, -0.15) is 0 Å². The smallest absolute Gasteiger partial charge is 0.119 e. The fraction of sp³-hybridized carbons (Fsp3) is 0.500. The van der Waals surface area contributed by atoms with Crippen LogP contribution in [0.25, 0.3) is 10.8 Å². The van der Waals surface area contributed by atoms with Crippen molar-refractivity contribution in [3.05, 3.63) is 36.4 Å². The zero-order chi connectivity index (χ0) is 16.5. The molecule has 0 heterocycles. The number of fused-ring (bicyclic) bond motifs is 1. The lowest BCUT2D eigenvalue weighted by molar-refractivity contribution is 0.233. The van der Waals surface area contributed by atoms with Crippen molar-refractivity contribution in [2.24, 2.45) is 5.92 Å². The Morgan fingerprint density at radius 3 is 2.17 bits per heavy atom. The molecule has 0 N–H and O–H groups in total. The van der Waals surface area contributed by atoms with Crippen LogP contribution < -0.4 is 9.47 Å². The third-order valence-corrected chi connectivity index (χ3v) is 4.48. The van der Waals surface area contributed by atoms with E-state index < -0.39 is 0 Å². The van der Waals surface area contributed by atoms with Crippen LogP contribution >= 0.6 is 15.9 Å². The quantitative estimate of drug-likeness (QED) is 0.457. The van der Waals surface area contributed by atoms with Gasteiger partial charge >= 0.3 is 0 Å². The highest BCUT2D eigenvalue weighted by Gasteiger charge is 2.07. The average Bonchev–Trinajstić information content (AvgIpc) is 2.60. The van der Waals surface area contributed by atoms with Gasteiger partial charge < -0.3 is 9.47 Å². The normalized spacial score (nSPS) is 12.3. The minimum Gasteiger partial charge on any atom is -0.493 e. The van der Waals surface area contributed by atoms with E-state index in [2.05, 4.69) is 60.1 Å². The molecular weight excluding hydrogens is 352 g/mol. The Kier molecular flexibility index (Phi) is 7.73. The molecule has 0 fully saturated rings. The molecule has 1 atom stereocenters. The molecule has 0 saturated carbocycles. The van der Waals surface area contributed by atoms with Crippen molar-refractivity contribution in [1.29, 1.82) is 0 Å². The first-order chi connectivity index (χ1) is 11.3. The maximum Gasteiger partial charge on any atom is 0.119 e. The van der Waals surface area contributed by atoms with Crippen molar-refractivity contribution < 1.29 is 9.47 Å². The summed E-state index contributed by atoms with van der Waals surface area (Å²) in [4.78, 5) is 0. The summed E-state index contributed by atoms with van der Waals surface area (Å²) in [6.45, 7) is 5.99. The Balaban J connectivity index is 1.99. The maximum atomic E-state index is 6.02. The van der Waals surface area contributed by atoms with E-state index in [1.807, 2.05) is 6.07 Å². The summed E-state index contributed by atoms with van der Waals surface area (Å²) in [7, 11) is 0. The van der Waals surface area contributed by atoms with Crippen LogP contribution in [0, 0.1) is 5.92 Å². The zero-order valence-corrected chi connectivity index (χ0v) is 15.8. The van der Waals surface area contributed by atoms with Gasteiger partial charge in [0.05, 0.1) is 13.2 Å². The molecule has 3 heteroatoms. The van der Waals surface area contributed by atoms with Gasteiger partial charge in [0.25, 0.3) is 0 Å². The molecule has 0 aliphatic carbocycles. The first-order valence-electron chi connectivity index (χ1n) is 8.62. The van der Waals surface area contributed by atoms with Crippen molar-refractivity contribution in [3.8, 4) is 11.5 Å². The third kappa shape index (κ3) is 5.72. The molecule has 2 nitrogen and oxygen atoms in total. The van der Waals surface area contributed by atoms with Gasteiger partial charge in [-0.15, -0.1) is 0 Å². The first-order valence-corrected chi connectivity index (χ1v) is 9.74. The van der Waals surface area contributed by atoms with Crippen LogP contribution in [0.2, 0.25) is 0 Å². The molecule has 1 unspecified atom stereocenters. The van der Waals surface area contributed by atoms with E-state index in [0.29, 0.717) is 12.5 Å². The van der Waals surface area contributed by atoms with Gasteiger partial charge in [-0.3, -0.25) is 0 Å². The minimum atomic E-state index is 0.658. The van der Waals surface area contributed by atoms with Gasteiger partial charge in [0.15, 0.2) is 0 Å². The summed E-state index contributed by atoms with van der Waals surface area (Å²) < 4.78 is 11.7. The number of rotatable bonds is 10. The van der Waals surface area contributed by atoms with E-state index >= 15 is 0 Å². The lowest BCUT2D eigenvalue weighted by Crippen LogP contribution is -2.11. The molecule has 0 spiro atoms. The van der Waals surface area contributed by atoms with E-state index in [1.165, 1.54) is 36.5 Å². The molecule has 126 valence electrons. The molecule has 0 aromatic heterocycles. The minimum absolute atomic E-state index is 0.658. The summed E-state index contributed by atoms with van der Waals surface area (Å²) in [6.07, 6.45) is 4.99. The highest BCUT2D eigenvalue weighted by Crippen LogP contribution is 2.26. The predicted molar refractivity (Wildman–Crippen MR) is 102 cm³/mol. The highest BCUT2D eigenvalue weighted by atomic mass is 79.9. The monoisotopic (exact) mass is 378 g/mol. The van der Waals surface area contributed by atoms with Crippen LogP contribution in [0.15, 0.2) is 36.4 Å². The summed E-state index contributed by atoms with van der Waals surface area (Å²) in [5, 5.41) is 3.21. The topological polar surface area (TPSA) is 18.5 Å². The lowest BCUT2D eigenvalue weighted by Gasteiger charge is -2.16. The summed E-state index contributed by atoms with van der Waals surface area (Å²) in [5.74, 6) is 2.53. The molecular formula is C20H27BrO2. The number of benzene rings is 2. The molecule has 0 aliphatic heterocycles. The third-order valence-electron chi connectivity index (χ3n) is 4.16. The Bertz CT molecular complexity index is 597. The van der Waals surface area contributed by atoms with Crippen LogP contribution in [-0.4, -0.2) is 18.5 Å². The standard InChI is InChI=1S/C20H27BrO2/c1-3-5-6-16(4-2)15-23-20-10-8-17-13-19(22-12-11-21)9-7-18(17)14-20/h7-10,13-14,16H,3-6,11-12,15H2,1-2H3. The second kappa shape index (κ2) is 9.82. The van der Waals surface area contributed by atoms with E-state index in [-0.39, 0.29) is 0 Å². The summed E-state index contributed by atoms with van der Waals surface area (Å²) in [5.41, 5.74) is 0. The molecule has 0 aliphatic rings. The van der Waals surface area contributed by atoms with Crippen LogP contribution in [0.1, 0.15) is 39.5 Å². The van der Waals surface area contributed by atoms with Gasteiger partial charge in [-0.1, -0.05) is 61.2 Å². The second-order valence-corrected chi connectivity index (χ2v) is 6.73. The molecule has 23 heavy (non-hydrogen) atoms. The van der Waals surface area contributed by atoms with Gasteiger partial charge in [-0.05, 0) is 47.4 Å². The number of halogens is 1. The van der Waals surface area contributed by atoms with E-state index in [9.17, 15) is 0 Å². The average molecular weight is 379 g/mol. The molecule has 2 aromatic rings. The Morgan fingerprint density at radius 2 is 1.61 bits per heavy atom. The Labute approximate surface area is 148 Å². The summed E-state index contributed by atoms with van der Waals surface area (Å²) in [6, 6.07) is 12.5. The number of ether oxygens (including phenoxy) is 2. The van der Waals surface area contributed by atoms with Crippen molar-refractivity contribution >= 4 is 26.7 Å². The maximum absolute atomic E-state index is 6.02. The SMILES string of the molecule is CCCCC(CC)COc1ccc2cc(OCCBr)ccc2c1. The van der Waals surface area contributed by atoms with E-state index in [1.54, 1.807) is 0 Å². The van der Waals surface area contributed by atoms with Crippen molar-refractivity contribution in [2.75, 3.05) is 18.5 Å². The van der Waals surface area contributed by atoms with Gasteiger partial charge in [0.1, 0.15) is 11.5 Å². The van der Waals surface area contributed by atoms with Crippen LogP contribution in [0.3, 0.4) is 0 Å². The fourth-order valence-corrected chi connectivity index (χ4v) is 2.81. The molecule has 0 saturated heterocycles. The first kappa shape index (κ1) is 18.1. The van der Waals surface area contributed by atoms with Gasteiger partial charge in [-0.25, -0.2) is 0 Å². The van der Waals surface area contributed by atoms with E-state index in [4.69, 9.17) is 9.47 Å². The predicted octanol–water partition coefficient (Wildman–Crippen LogP) is 6.21. The number of hydrogen-bond donors (Lipinski definition) is 0. The number of unbranched alkanes of at least 4 members (excludes halogenated alkanes) is 1. The fourth-order valence-electron chi connectivity index (χ4n) is 2.65. The zero-order valence-electron chi connectivity index (χ0n) is 14.2. The Morgan fingerprint density at radius 1 is 0.957 bits per heavy atom. The van der Waals surface area contributed by atoms with Crippen LogP contribution in [0.5, 0.6) is 11.5 Å². The highest BCUT2D eigenvalue weighted by molar-refractivity contribution is 9.09. The van der Waals surface area contributed by atoms with Crippen molar-refractivity contribution in [1.82, 2.24) is 0 Å².